The average molecular weight is 424 g/mol. The number of nitrogens with one attached hydrogen (secondary N) is 1. The number of aliphatic hydroxyl groups excluding tert-OH is 1. The van der Waals surface area contributed by atoms with E-state index in [0.29, 0.717) is 15.3 Å². The summed E-state index contributed by atoms with van der Waals surface area (Å²) >= 11 is 5.89. The number of carbonyl (C=O) groups excluding carboxylic acids is 1. The molecule has 0 radical (unpaired) electrons. The number of aromatic nitrogens is 4. The number of carbonyl (C=O) groups is 1. The first-order valence-electron chi connectivity index (χ1n) is 8.45. The number of amides is 1. The average Bonchev–Trinajstić information content (AvgIpc) is 3.19. The lowest BCUT2D eigenvalue weighted by molar-refractivity contribution is 0.0566. The molecule has 152 valence electrons. The van der Waals surface area contributed by atoms with Crippen LogP contribution < -0.4 is 10.9 Å². The van der Waals surface area contributed by atoms with Crippen LogP contribution in [0.2, 0.25) is 5.02 Å². The van der Waals surface area contributed by atoms with Gasteiger partial charge in [-0.15, -0.1) is 0 Å². The van der Waals surface area contributed by atoms with Gasteiger partial charge in [0.1, 0.15) is 11.3 Å². The second-order valence-corrected chi connectivity index (χ2v) is 6.62. The Morgan fingerprint density at radius 1 is 1.31 bits per heavy atom. The molecule has 8 nitrogen and oxygen atoms in total. The van der Waals surface area contributed by atoms with Crippen LogP contribution in [0.3, 0.4) is 0 Å². The van der Waals surface area contributed by atoms with Gasteiger partial charge in [-0.1, -0.05) is 23.7 Å². The second-order valence-electron chi connectivity index (χ2n) is 6.18. The fraction of sp³-hybridized carbons (Fsp3) is 0.222. The molecule has 1 unspecified atom stereocenters. The van der Waals surface area contributed by atoms with Gasteiger partial charge in [-0.3, -0.25) is 9.59 Å². The molecule has 2 N–H and O–H groups in total. The number of rotatable bonds is 6. The van der Waals surface area contributed by atoms with Crippen molar-refractivity contribution in [1.29, 1.82) is 0 Å². The van der Waals surface area contributed by atoms with Crippen molar-refractivity contribution in [2.45, 2.75) is 19.5 Å². The molecule has 0 saturated heterocycles. The molecule has 1 atom stereocenters. The highest BCUT2D eigenvalue weighted by Crippen LogP contribution is 2.20. The molecule has 1 amide bonds. The number of alkyl halides is 2. The number of hydrogen-bond acceptors (Lipinski definition) is 5. The molecule has 0 bridgehead atoms. The molecular formula is C18H16ClF2N5O3. The SMILES string of the molecule is CC(CO)NC(=O)c1cc(-c2ccc(Cl)cc2)nn(-c2cnn(C(F)F)c2)c1=O. The number of benzene rings is 1. The fourth-order valence-electron chi connectivity index (χ4n) is 2.49. The lowest BCUT2D eigenvalue weighted by Gasteiger charge is -2.13. The van der Waals surface area contributed by atoms with E-state index in [1.165, 1.54) is 6.07 Å². The summed E-state index contributed by atoms with van der Waals surface area (Å²) in [4.78, 5) is 25.4. The minimum absolute atomic E-state index is 0.0321. The Morgan fingerprint density at radius 3 is 2.59 bits per heavy atom. The lowest BCUT2D eigenvalue weighted by atomic mass is 10.1. The Bertz CT molecular complexity index is 1080. The van der Waals surface area contributed by atoms with Crippen molar-refractivity contribution >= 4 is 17.5 Å². The molecule has 0 aliphatic heterocycles. The van der Waals surface area contributed by atoms with E-state index in [1.54, 1.807) is 31.2 Å². The first-order valence-corrected chi connectivity index (χ1v) is 8.82. The third-order valence-corrected chi connectivity index (χ3v) is 4.23. The van der Waals surface area contributed by atoms with Crippen LogP contribution in [0.4, 0.5) is 8.78 Å². The van der Waals surface area contributed by atoms with Gasteiger partial charge in [-0.25, -0.2) is 4.68 Å². The maximum atomic E-state index is 12.9. The van der Waals surface area contributed by atoms with Gasteiger partial charge in [0.15, 0.2) is 0 Å². The van der Waals surface area contributed by atoms with Gasteiger partial charge in [0.2, 0.25) is 0 Å². The van der Waals surface area contributed by atoms with Crippen LogP contribution in [-0.2, 0) is 0 Å². The topological polar surface area (TPSA) is 102 Å². The highest BCUT2D eigenvalue weighted by molar-refractivity contribution is 6.30. The van der Waals surface area contributed by atoms with E-state index >= 15 is 0 Å². The molecule has 0 aliphatic rings. The molecule has 1 aromatic carbocycles. The molecule has 3 rings (SSSR count). The summed E-state index contributed by atoms with van der Waals surface area (Å²) in [7, 11) is 0. The number of hydrogen-bond donors (Lipinski definition) is 2. The van der Waals surface area contributed by atoms with E-state index in [9.17, 15) is 18.4 Å². The quantitative estimate of drug-likeness (QED) is 0.633. The molecule has 0 aliphatic carbocycles. The van der Waals surface area contributed by atoms with Gasteiger partial charge < -0.3 is 10.4 Å². The van der Waals surface area contributed by atoms with Gasteiger partial charge in [0.25, 0.3) is 11.5 Å². The van der Waals surface area contributed by atoms with E-state index in [0.717, 1.165) is 17.1 Å². The molecule has 29 heavy (non-hydrogen) atoms. The van der Waals surface area contributed by atoms with Gasteiger partial charge in [-0.2, -0.15) is 23.7 Å². The standard InChI is InChI=1S/C18H16ClF2N5O3/c1-10(9-27)23-16(28)14-6-15(11-2-4-12(19)5-3-11)24-26(17(14)29)13-7-22-25(8-13)18(20)21/h2-8,10,18,27H,9H2,1H3,(H,23,28). The third kappa shape index (κ3) is 4.49. The Hall–Kier alpha value is -3.11. The smallest absolute Gasteiger partial charge is 0.333 e. The monoisotopic (exact) mass is 423 g/mol. The molecule has 2 aromatic heterocycles. The first kappa shape index (κ1) is 20.6. The van der Waals surface area contributed by atoms with Crippen LogP contribution in [0.15, 0.2) is 47.5 Å². The van der Waals surface area contributed by atoms with E-state index in [1.807, 2.05) is 0 Å². The van der Waals surface area contributed by atoms with Gasteiger partial charge in [0.05, 0.1) is 24.7 Å². The van der Waals surface area contributed by atoms with Crippen LogP contribution in [0.25, 0.3) is 16.9 Å². The van der Waals surface area contributed by atoms with E-state index in [-0.39, 0.29) is 23.6 Å². The number of aliphatic hydroxyl groups is 1. The third-order valence-electron chi connectivity index (χ3n) is 3.98. The summed E-state index contributed by atoms with van der Waals surface area (Å²) in [5.41, 5.74) is -0.328. The van der Waals surface area contributed by atoms with Crippen molar-refractivity contribution in [3.8, 4) is 16.9 Å². The molecule has 3 aromatic rings. The fourth-order valence-corrected chi connectivity index (χ4v) is 2.61. The highest BCUT2D eigenvalue weighted by Gasteiger charge is 2.20. The van der Waals surface area contributed by atoms with Gasteiger partial charge in [-0.05, 0) is 25.1 Å². The van der Waals surface area contributed by atoms with Crippen molar-refractivity contribution in [1.82, 2.24) is 24.9 Å². The molecule has 0 fully saturated rings. The van der Waals surface area contributed by atoms with Crippen LogP contribution in [0, 0.1) is 0 Å². The minimum Gasteiger partial charge on any atom is -0.394 e. The summed E-state index contributed by atoms with van der Waals surface area (Å²) in [5.74, 6) is -0.732. The van der Waals surface area contributed by atoms with Crippen molar-refractivity contribution < 1.29 is 18.7 Å². The van der Waals surface area contributed by atoms with Crippen molar-refractivity contribution in [3.05, 3.63) is 63.7 Å². The Morgan fingerprint density at radius 2 is 2.00 bits per heavy atom. The Balaban J connectivity index is 2.16. The molecule has 0 spiro atoms. The van der Waals surface area contributed by atoms with Gasteiger partial charge in [0, 0.05) is 16.6 Å². The number of halogens is 3. The van der Waals surface area contributed by atoms with Crippen LogP contribution >= 0.6 is 11.6 Å². The minimum atomic E-state index is -2.90. The summed E-state index contributed by atoms with van der Waals surface area (Å²) in [6.07, 6.45) is 1.99. The summed E-state index contributed by atoms with van der Waals surface area (Å²) < 4.78 is 26.9. The van der Waals surface area contributed by atoms with Gasteiger partial charge >= 0.3 is 6.55 Å². The maximum absolute atomic E-state index is 12.9. The molecule has 0 saturated carbocycles. The van der Waals surface area contributed by atoms with E-state index < -0.39 is 24.1 Å². The maximum Gasteiger partial charge on any atom is 0.333 e. The van der Waals surface area contributed by atoms with Crippen LogP contribution in [-0.4, -0.2) is 43.2 Å². The zero-order valence-electron chi connectivity index (χ0n) is 15.1. The Labute approximate surface area is 168 Å². The van der Waals surface area contributed by atoms with Crippen LogP contribution in [0.5, 0.6) is 0 Å². The van der Waals surface area contributed by atoms with Crippen molar-refractivity contribution in [2.75, 3.05) is 6.61 Å². The number of nitrogens with zero attached hydrogens (tertiary/aromatic N) is 4. The van der Waals surface area contributed by atoms with Crippen molar-refractivity contribution in [3.63, 3.8) is 0 Å². The normalized spacial score (nSPS) is 12.2. The van der Waals surface area contributed by atoms with Crippen molar-refractivity contribution in [2.24, 2.45) is 0 Å². The lowest BCUT2D eigenvalue weighted by Crippen LogP contribution is -2.39. The predicted octanol–water partition coefficient (Wildman–Crippen LogP) is 2.26. The highest BCUT2D eigenvalue weighted by atomic mass is 35.5. The zero-order valence-corrected chi connectivity index (χ0v) is 15.8. The van der Waals surface area contributed by atoms with E-state index in [2.05, 4.69) is 15.5 Å². The predicted molar refractivity (Wildman–Crippen MR) is 101 cm³/mol. The summed E-state index contributed by atoms with van der Waals surface area (Å²) in [6.45, 7) is -1.66. The largest absolute Gasteiger partial charge is 0.394 e. The Kier molecular flexibility index (Phi) is 6.04. The van der Waals surface area contributed by atoms with E-state index in [4.69, 9.17) is 16.7 Å². The summed E-state index contributed by atoms with van der Waals surface area (Å²) in [5, 5.41) is 19.8. The molecule has 2 heterocycles. The molecular weight excluding hydrogens is 408 g/mol. The zero-order chi connectivity index (χ0) is 21.1. The first-order chi connectivity index (χ1) is 13.8. The summed E-state index contributed by atoms with van der Waals surface area (Å²) in [6, 6.07) is 7.19. The molecule has 11 heteroatoms. The second kappa shape index (κ2) is 8.50. The van der Waals surface area contributed by atoms with Crippen LogP contribution in [0.1, 0.15) is 23.8 Å².